The number of nitrogens with zero attached hydrogens (tertiary/aromatic N) is 4. The molecule has 0 radical (unpaired) electrons. The SMILES string of the molecule is OCc1ccc(CNCc2cccnc2N2CCN(c3ccccn3)CC2)o1. The van der Waals surface area contributed by atoms with Gasteiger partial charge < -0.3 is 24.6 Å². The first-order valence-corrected chi connectivity index (χ1v) is 9.57. The molecule has 2 N–H and O–H groups in total. The number of aliphatic hydroxyl groups excluding tert-OH is 1. The number of piperazine rings is 1. The van der Waals surface area contributed by atoms with E-state index in [4.69, 9.17) is 9.52 Å². The summed E-state index contributed by atoms with van der Waals surface area (Å²) >= 11 is 0. The lowest BCUT2D eigenvalue weighted by atomic mass is 10.2. The molecule has 0 unspecified atom stereocenters. The van der Waals surface area contributed by atoms with E-state index in [0.717, 1.165) is 43.6 Å². The Bertz CT molecular complexity index is 875. The van der Waals surface area contributed by atoms with E-state index >= 15 is 0 Å². The second-order valence-corrected chi connectivity index (χ2v) is 6.78. The van der Waals surface area contributed by atoms with E-state index in [1.807, 2.05) is 36.7 Å². The third kappa shape index (κ3) is 4.32. The van der Waals surface area contributed by atoms with Crippen molar-refractivity contribution in [3.63, 3.8) is 0 Å². The van der Waals surface area contributed by atoms with Crippen LogP contribution in [-0.2, 0) is 19.7 Å². The molecule has 4 rings (SSSR count). The first kappa shape index (κ1) is 18.5. The summed E-state index contributed by atoms with van der Waals surface area (Å²) in [5.41, 5.74) is 1.17. The smallest absolute Gasteiger partial charge is 0.133 e. The van der Waals surface area contributed by atoms with Crippen molar-refractivity contribution in [2.24, 2.45) is 0 Å². The minimum Gasteiger partial charge on any atom is -0.462 e. The van der Waals surface area contributed by atoms with Gasteiger partial charge in [-0.2, -0.15) is 0 Å². The second-order valence-electron chi connectivity index (χ2n) is 6.78. The quantitative estimate of drug-likeness (QED) is 0.651. The Kier molecular flexibility index (Phi) is 5.84. The molecule has 7 nitrogen and oxygen atoms in total. The lowest BCUT2D eigenvalue weighted by Crippen LogP contribution is -2.47. The Morgan fingerprint density at radius 2 is 1.64 bits per heavy atom. The molecule has 0 bridgehead atoms. The van der Waals surface area contributed by atoms with Crippen LogP contribution in [0.4, 0.5) is 11.6 Å². The first-order valence-electron chi connectivity index (χ1n) is 9.57. The average molecular weight is 379 g/mol. The van der Waals surface area contributed by atoms with E-state index in [2.05, 4.69) is 37.2 Å². The lowest BCUT2D eigenvalue weighted by molar-refractivity contribution is 0.242. The van der Waals surface area contributed by atoms with Crippen LogP contribution in [0.15, 0.2) is 59.3 Å². The number of pyridine rings is 2. The van der Waals surface area contributed by atoms with Crippen molar-refractivity contribution < 1.29 is 9.52 Å². The standard InChI is InChI=1S/C21H25N5O2/c27-16-19-7-6-18(28-19)15-22-14-17-4-3-9-24-21(17)26-12-10-25(11-13-26)20-5-1-2-8-23-20/h1-9,22,27H,10-16H2. The number of hydrogen-bond donors (Lipinski definition) is 2. The van der Waals surface area contributed by atoms with Crippen molar-refractivity contribution >= 4 is 11.6 Å². The van der Waals surface area contributed by atoms with Gasteiger partial charge in [-0.3, -0.25) is 0 Å². The van der Waals surface area contributed by atoms with Crippen LogP contribution in [0.2, 0.25) is 0 Å². The topological polar surface area (TPSA) is 77.7 Å². The molecule has 1 aliphatic rings. The van der Waals surface area contributed by atoms with Gasteiger partial charge in [0.15, 0.2) is 0 Å². The predicted octanol–water partition coefficient (Wildman–Crippen LogP) is 2.18. The third-order valence-corrected chi connectivity index (χ3v) is 4.91. The zero-order chi connectivity index (χ0) is 19.2. The van der Waals surface area contributed by atoms with E-state index in [9.17, 15) is 0 Å². The molecule has 146 valence electrons. The molecule has 0 amide bonds. The highest BCUT2D eigenvalue weighted by atomic mass is 16.4. The summed E-state index contributed by atoms with van der Waals surface area (Å²) in [7, 11) is 0. The summed E-state index contributed by atoms with van der Waals surface area (Å²) in [6, 6.07) is 13.8. The third-order valence-electron chi connectivity index (χ3n) is 4.91. The summed E-state index contributed by atoms with van der Waals surface area (Å²) < 4.78 is 5.52. The Hall–Kier alpha value is -2.90. The van der Waals surface area contributed by atoms with Gasteiger partial charge in [-0.15, -0.1) is 0 Å². The van der Waals surface area contributed by atoms with E-state index in [1.54, 1.807) is 6.07 Å². The number of aliphatic hydroxyl groups is 1. The van der Waals surface area contributed by atoms with Gasteiger partial charge in [0.05, 0.1) is 6.54 Å². The Balaban J connectivity index is 1.35. The van der Waals surface area contributed by atoms with Crippen LogP contribution in [0.1, 0.15) is 17.1 Å². The molecule has 1 saturated heterocycles. The highest BCUT2D eigenvalue weighted by Crippen LogP contribution is 2.21. The molecular formula is C21H25N5O2. The molecule has 3 aromatic heterocycles. The van der Waals surface area contributed by atoms with Gasteiger partial charge in [0.1, 0.15) is 29.8 Å². The van der Waals surface area contributed by atoms with E-state index in [0.29, 0.717) is 18.8 Å². The maximum absolute atomic E-state index is 9.09. The summed E-state index contributed by atoms with van der Waals surface area (Å²) in [6.45, 7) is 4.93. The molecule has 7 heteroatoms. The highest BCUT2D eigenvalue weighted by Gasteiger charge is 2.20. The summed E-state index contributed by atoms with van der Waals surface area (Å²) in [5.74, 6) is 3.47. The maximum Gasteiger partial charge on any atom is 0.133 e. The van der Waals surface area contributed by atoms with Crippen molar-refractivity contribution in [3.05, 3.63) is 71.9 Å². The van der Waals surface area contributed by atoms with Crippen molar-refractivity contribution in [1.82, 2.24) is 15.3 Å². The summed E-state index contributed by atoms with van der Waals surface area (Å²) in [5, 5.41) is 12.5. The van der Waals surface area contributed by atoms with E-state index in [-0.39, 0.29) is 6.61 Å². The summed E-state index contributed by atoms with van der Waals surface area (Å²) in [6.07, 6.45) is 3.69. The predicted molar refractivity (Wildman–Crippen MR) is 108 cm³/mol. The molecule has 1 fully saturated rings. The Morgan fingerprint density at radius 3 is 2.39 bits per heavy atom. The molecule has 0 spiro atoms. The highest BCUT2D eigenvalue weighted by molar-refractivity contribution is 5.49. The fourth-order valence-corrected chi connectivity index (χ4v) is 3.46. The molecule has 28 heavy (non-hydrogen) atoms. The van der Waals surface area contributed by atoms with E-state index in [1.165, 1.54) is 5.56 Å². The average Bonchev–Trinajstić information content (AvgIpc) is 3.23. The number of hydrogen-bond acceptors (Lipinski definition) is 7. The minimum absolute atomic E-state index is 0.0722. The van der Waals surface area contributed by atoms with Crippen LogP contribution in [0.3, 0.4) is 0 Å². The van der Waals surface area contributed by atoms with Crippen molar-refractivity contribution in [2.45, 2.75) is 19.7 Å². The fraction of sp³-hybridized carbons (Fsp3) is 0.333. The van der Waals surface area contributed by atoms with Gasteiger partial charge in [0, 0.05) is 50.7 Å². The van der Waals surface area contributed by atoms with Crippen molar-refractivity contribution in [3.8, 4) is 0 Å². The zero-order valence-corrected chi connectivity index (χ0v) is 15.8. The normalized spacial score (nSPS) is 14.5. The molecule has 1 aliphatic heterocycles. The van der Waals surface area contributed by atoms with Crippen LogP contribution < -0.4 is 15.1 Å². The van der Waals surface area contributed by atoms with Crippen LogP contribution in [-0.4, -0.2) is 41.3 Å². The van der Waals surface area contributed by atoms with Crippen molar-refractivity contribution in [1.29, 1.82) is 0 Å². The van der Waals surface area contributed by atoms with Gasteiger partial charge in [-0.05, 0) is 30.3 Å². The van der Waals surface area contributed by atoms with Gasteiger partial charge in [-0.1, -0.05) is 12.1 Å². The van der Waals surface area contributed by atoms with Crippen molar-refractivity contribution in [2.75, 3.05) is 36.0 Å². The van der Waals surface area contributed by atoms with Gasteiger partial charge in [0.25, 0.3) is 0 Å². The Morgan fingerprint density at radius 1 is 0.857 bits per heavy atom. The van der Waals surface area contributed by atoms with Gasteiger partial charge >= 0.3 is 0 Å². The second kappa shape index (κ2) is 8.86. The van der Waals surface area contributed by atoms with Crippen LogP contribution >= 0.6 is 0 Å². The number of furan rings is 1. The van der Waals surface area contributed by atoms with Gasteiger partial charge in [-0.25, -0.2) is 9.97 Å². The molecule has 0 saturated carbocycles. The number of anilines is 2. The maximum atomic E-state index is 9.09. The largest absolute Gasteiger partial charge is 0.462 e. The van der Waals surface area contributed by atoms with Crippen LogP contribution in [0, 0.1) is 0 Å². The molecule has 3 aromatic rings. The monoisotopic (exact) mass is 379 g/mol. The molecule has 0 aromatic carbocycles. The lowest BCUT2D eigenvalue weighted by Gasteiger charge is -2.36. The molecular weight excluding hydrogens is 354 g/mol. The number of rotatable bonds is 7. The first-order chi connectivity index (χ1) is 13.8. The molecule has 0 aliphatic carbocycles. The number of nitrogens with one attached hydrogen (secondary N) is 1. The molecule has 4 heterocycles. The van der Waals surface area contributed by atoms with Crippen LogP contribution in [0.25, 0.3) is 0 Å². The summed E-state index contributed by atoms with van der Waals surface area (Å²) in [4.78, 5) is 13.7. The zero-order valence-electron chi connectivity index (χ0n) is 15.8. The fourth-order valence-electron chi connectivity index (χ4n) is 3.46. The van der Waals surface area contributed by atoms with Crippen LogP contribution in [0.5, 0.6) is 0 Å². The Labute approximate surface area is 164 Å². The van der Waals surface area contributed by atoms with Gasteiger partial charge in [0.2, 0.25) is 0 Å². The number of aromatic nitrogens is 2. The molecule has 0 atom stereocenters. The minimum atomic E-state index is -0.0722. The van der Waals surface area contributed by atoms with E-state index < -0.39 is 0 Å².